The van der Waals surface area contributed by atoms with Gasteiger partial charge in [0.1, 0.15) is 11.6 Å². The van der Waals surface area contributed by atoms with E-state index in [9.17, 15) is 27.6 Å². The molecule has 0 atom stereocenters. The summed E-state index contributed by atoms with van der Waals surface area (Å²) < 4.78 is 64.8. The number of methoxy groups -OCH3 is 2. The number of fused-ring (bicyclic) bond motifs is 1. The molecule has 0 spiro atoms. The molecule has 2 aromatic heterocycles. The second-order valence-electron chi connectivity index (χ2n) is 8.49. The zero-order valence-electron chi connectivity index (χ0n) is 21.7. The van der Waals surface area contributed by atoms with Crippen molar-refractivity contribution in [3.05, 3.63) is 105 Å². The maximum absolute atomic E-state index is 15.0. The third kappa shape index (κ3) is 5.45. The molecule has 0 unspecified atom stereocenters. The molecule has 11 nitrogen and oxygen atoms in total. The molecule has 14 heteroatoms. The lowest BCUT2D eigenvalue weighted by molar-refractivity contribution is 0.214. The van der Waals surface area contributed by atoms with Gasteiger partial charge in [-0.05, 0) is 36.4 Å². The number of anilines is 1. The number of amides is 1. The Morgan fingerprint density at radius 3 is 2.21 bits per heavy atom. The molecule has 1 amide bonds. The maximum atomic E-state index is 15.0. The van der Waals surface area contributed by atoms with Crippen LogP contribution in [0.3, 0.4) is 0 Å². The van der Waals surface area contributed by atoms with Gasteiger partial charge >= 0.3 is 17.3 Å². The molecular formula is C28H19F3N4O7. The van der Waals surface area contributed by atoms with Crippen molar-refractivity contribution in [1.82, 2.24) is 14.5 Å². The second kappa shape index (κ2) is 11.4. The number of nitrogens with one attached hydrogen (secondary N) is 2. The second-order valence-corrected chi connectivity index (χ2v) is 8.49. The first-order chi connectivity index (χ1) is 20.2. The van der Waals surface area contributed by atoms with Gasteiger partial charge in [-0.3, -0.25) is 15.1 Å². The number of nitrogens with zero attached hydrogens (tertiary/aromatic N) is 2. The number of aromatic nitrogens is 3. The number of ether oxygens (including phenoxy) is 4. The SMILES string of the molecule is COc1cc2nccc(Oc3c(F)cc(NC(=O)Oc4c[nH]c(=O)n(-c5ccc(F)cc5)c4=O)cc3F)c2cc1OC. The van der Waals surface area contributed by atoms with E-state index in [0.717, 1.165) is 30.5 Å². The van der Waals surface area contributed by atoms with Gasteiger partial charge in [0.25, 0.3) is 0 Å². The molecule has 0 aliphatic rings. The minimum atomic E-state index is -1.29. The molecule has 3 aromatic carbocycles. The van der Waals surface area contributed by atoms with Crippen LogP contribution in [0.1, 0.15) is 0 Å². The summed E-state index contributed by atoms with van der Waals surface area (Å²) in [5, 5.41) is 2.48. The number of pyridine rings is 1. The molecule has 5 rings (SSSR count). The fraction of sp³-hybridized carbons (Fsp3) is 0.0714. The Hall–Kier alpha value is -5.79. The fourth-order valence-electron chi connectivity index (χ4n) is 3.97. The molecule has 0 bridgehead atoms. The lowest BCUT2D eigenvalue weighted by Crippen LogP contribution is -2.35. The van der Waals surface area contributed by atoms with Crippen LogP contribution in [-0.4, -0.2) is 34.8 Å². The molecule has 0 fully saturated rings. The molecule has 214 valence electrons. The molecule has 2 heterocycles. The first-order valence-corrected chi connectivity index (χ1v) is 12.0. The zero-order chi connectivity index (χ0) is 30.0. The summed E-state index contributed by atoms with van der Waals surface area (Å²) in [4.78, 5) is 43.8. The van der Waals surface area contributed by atoms with E-state index < -0.39 is 46.3 Å². The Morgan fingerprint density at radius 2 is 1.55 bits per heavy atom. The predicted molar refractivity (Wildman–Crippen MR) is 144 cm³/mol. The topological polar surface area (TPSA) is 134 Å². The average Bonchev–Trinajstić information content (AvgIpc) is 2.96. The highest BCUT2D eigenvalue weighted by molar-refractivity contribution is 5.89. The van der Waals surface area contributed by atoms with Gasteiger partial charge in [-0.25, -0.2) is 27.3 Å². The van der Waals surface area contributed by atoms with Crippen molar-refractivity contribution >= 4 is 22.7 Å². The first-order valence-electron chi connectivity index (χ1n) is 12.0. The highest BCUT2D eigenvalue weighted by Crippen LogP contribution is 2.38. The van der Waals surface area contributed by atoms with Crippen LogP contribution in [0.25, 0.3) is 16.6 Å². The maximum Gasteiger partial charge on any atom is 0.417 e. The summed E-state index contributed by atoms with van der Waals surface area (Å²) in [6.07, 6.45) is 0.927. The van der Waals surface area contributed by atoms with Gasteiger partial charge in [0, 0.05) is 29.8 Å². The number of rotatable bonds is 7. The number of hydrogen-bond donors (Lipinski definition) is 2. The van der Waals surface area contributed by atoms with Crippen LogP contribution in [0, 0.1) is 17.5 Å². The predicted octanol–water partition coefficient (Wildman–Crippen LogP) is 4.91. The van der Waals surface area contributed by atoms with E-state index in [1.54, 1.807) is 12.1 Å². The van der Waals surface area contributed by atoms with Gasteiger partial charge in [0.05, 0.1) is 37.3 Å². The van der Waals surface area contributed by atoms with E-state index >= 15 is 0 Å². The lowest BCUT2D eigenvalue weighted by atomic mass is 10.1. The minimum absolute atomic E-state index is 0.00722. The van der Waals surface area contributed by atoms with Crippen molar-refractivity contribution in [3.8, 4) is 34.4 Å². The van der Waals surface area contributed by atoms with E-state index in [-0.39, 0.29) is 17.1 Å². The Morgan fingerprint density at radius 1 is 0.881 bits per heavy atom. The van der Waals surface area contributed by atoms with E-state index in [0.29, 0.717) is 27.0 Å². The molecule has 0 saturated carbocycles. The number of benzene rings is 3. The average molecular weight is 580 g/mol. The number of carbonyl (C=O) groups excluding carboxylic acids is 1. The number of H-pyrrole nitrogens is 1. The van der Waals surface area contributed by atoms with Crippen LogP contribution >= 0.6 is 0 Å². The van der Waals surface area contributed by atoms with Crippen LogP contribution in [0.15, 0.2) is 76.6 Å². The molecule has 0 aliphatic carbocycles. The molecule has 5 aromatic rings. The third-order valence-corrected chi connectivity index (χ3v) is 5.89. The highest BCUT2D eigenvalue weighted by Gasteiger charge is 2.19. The third-order valence-electron chi connectivity index (χ3n) is 5.89. The Kier molecular flexibility index (Phi) is 7.51. The van der Waals surface area contributed by atoms with Crippen LogP contribution in [-0.2, 0) is 0 Å². The number of halogens is 3. The van der Waals surface area contributed by atoms with Crippen LogP contribution < -0.4 is 35.5 Å². The molecule has 0 aliphatic heterocycles. The van der Waals surface area contributed by atoms with Crippen molar-refractivity contribution in [2.45, 2.75) is 0 Å². The van der Waals surface area contributed by atoms with Gasteiger partial charge in [-0.1, -0.05) is 0 Å². The minimum Gasteiger partial charge on any atom is -0.493 e. The van der Waals surface area contributed by atoms with Gasteiger partial charge in [0.2, 0.25) is 5.75 Å². The summed E-state index contributed by atoms with van der Waals surface area (Å²) >= 11 is 0. The van der Waals surface area contributed by atoms with Crippen molar-refractivity contribution in [1.29, 1.82) is 0 Å². The smallest absolute Gasteiger partial charge is 0.417 e. The van der Waals surface area contributed by atoms with E-state index in [1.165, 1.54) is 38.6 Å². The first kappa shape index (κ1) is 27.8. The van der Waals surface area contributed by atoms with Crippen LogP contribution in [0.5, 0.6) is 28.7 Å². The summed E-state index contributed by atoms with van der Waals surface area (Å²) in [5.74, 6) is -3.51. The normalized spacial score (nSPS) is 10.8. The Balaban J connectivity index is 1.37. The van der Waals surface area contributed by atoms with Crippen molar-refractivity contribution < 1.29 is 36.9 Å². The van der Waals surface area contributed by atoms with Crippen LogP contribution in [0.4, 0.5) is 23.7 Å². The number of hydrogen-bond acceptors (Lipinski definition) is 8. The Bertz CT molecular complexity index is 1920. The van der Waals surface area contributed by atoms with E-state index in [1.807, 2.05) is 0 Å². The van der Waals surface area contributed by atoms with Gasteiger partial charge < -0.3 is 23.9 Å². The molecule has 0 radical (unpaired) electrons. The summed E-state index contributed by atoms with van der Waals surface area (Å²) in [6.45, 7) is 0. The Labute approximate surface area is 233 Å². The monoisotopic (exact) mass is 580 g/mol. The van der Waals surface area contributed by atoms with Crippen molar-refractivity contribution in [2.24, 2.45) is 0 Å². The lowest BCUT2D eigenvalue weighted by Gasteiger charge is -2.14. The van der Waals surface area contributed by atoms with E-state index in [4.69, 9.17) is 18.9 Å². The molecule has 2 N–H and O–H groups in total. The number of aromatic amines is 1. The molecular weight excluding hydrogens is 561 g/mol. The standard InChI is InChI=1S/C28H19F3N4O7/c1-39-22-11-17-20(12-23(22)40-2)32-8-7-21(17)41-25-18(30)9-15(10-19(25)31)34-28(38)42-24-13-33-27(37)35(26(24)36)16-5-3-14(29)4-6-16/h3-13H,1-2H3,(H,33,37)(H,34,38). The summed E-state index contributed by atoms with van der Waals surface area (Å²) in [5.41, 5.74) is -1.86. The quantitative estimate of drug-likeness (QED) is 0.277. The fourth-order valence-corrected chi connectivity index (χ4v) is 3.97. The van der Waals surface area contributed by atoms with E-state index in [2.05, 4.69) is 15.3 Å². The van der Waals surface area contributed by atoms with Gasteiger partial charge in [-0.2, -0.15) is 0 Å². The molecule has 42 heavy (non-hydrogen) atoms. The zero-order valence-corrected chi connectivity index (χ0v) is 21.7. The highest BCUT2D eigenvalue weighted by atomic mass is 19.1. The van der Waals surface area contributed by atoms with Crippen molar-refractivity contribution in [3.63, 3.8) is 0 Å². The summed E-state index contributed by atoms with van der Waals surface area (Å²) in [6, 6.07) is 10.5. The number of carbonyl (C=O) groups is 1. The van der Waals surface area contributed by atoms with Crippen molar-refractivity contribution in [2.75, 3.05) is 19.5 Å². The van der Waals surface area contributed by atoms with Gasteiger partial charge in [0.15, 0.2) is 28.9 Å². The molecule has 0 saturated heterocycles. The van der Waals surface area contributed by atoms with Crippen LogP contribution in [0.2, 0.25) is 0 Å². The largest absolute Gasteiger partial charge is 0.493 e. The van der Waals surface area contributed by atoms with Gasteiger partial charge in [-0.15, -0.1) is 0 Å². The summed E-state index contributed by atoms with van der Waals surface area (Å²) in [7, 11) is 2.87.